The third kappa shape index (κ3) is 8.71. The number of benzene rings is 1. The van der Waals surface area contributed by atoms with Gasteiger partial charge < -0.3 is 21.3 Å². The maximum absolute atomic E-state index is 12.1. The summed E-state index contributed by atoms with van der Waals surface area (Å²) in [6.07, 6.45) is 0. The van der Waals surface area contributed by atoms with E-state index in [0.29, 0.717) is 36.2 Å². The lowest BCUT2D eigenvalue weighted by Gasteiger charge is -2.20. The molecule has 144 valence electrons. The highest BCUT2D eigenvalue weighted by atomic mass is 35.5. The lowest BCUT2D eigenvalue weighted by atomic mass is 10.1. The first-order valence-corrected chi connectivity index (χ1v) is 8.96. The van der Waals surface area contributed by atoms with Gasteiger partial charge in [-0.05, 0) is 39.8 Å². The topological polar surface area (TPSA) is 94.6 Å². The Balaban J connectivity index is 2.43. The standard InChI is InChI=1S/C18H28ClN5O2/c1-5-20-17(23-12-15(25)24-18(2,3)4)22-11-10-21-16(26)13-8-6-7-9-14(13)19/h6-9H,5,10-12H2,1-4H3,(H,21,26)(H,24,25)(H2,20,22,23). The van der Waals surface area contributed by atoms with Gasteiger partial charge in [-0.25, -0.2) is 4.99 Å². The zero-order valence-corrected chi connectivity index (χ0v) is 16.5. The molecule has 26 heavy (non-hydrogen) atoms. The summed E-state index contributed by atoms with van der Waals surface area (Å²) >= 11 is 6.00. The van der Waals surface area contributed by atoms with Gasteiger partial charge in [-0.2, -0.15) is 0 Å². The van der Waals surface area contributed by atoms with Crippen LogP contribution in [-0.2, 0) is 4.79 Å². The molecule has 0 heterocycles. The van der Waals surface area contributed by atoms with Crippen LogP contribution in [0.15, 0.2) is 29.3 Å². The molecule has 0 aliphatic carbocycles. The van der Waals surface area contributed by atoms with Gasteiger partial charge in [-0.1, -0.05) is 23.7 Å². The Bertz CT molecular complexity index is 641. The SMILES string of the molecule is CCNC(=NCC(=O)NC(C)(C)C)NCCNC(=O)c1ccccc1Cl. The van der Waals surface area contributed by atoms with Crippen LogP contribution in [0.5, 0.6) is 0 Å². The number of guanidine groups is 1. The lowest BCUT2D eigenvalue weighted by molar-refractivity contribution is -0.121. The molecular weight excluding hydrogens is 354 g/mol. The molecule has 0 aliphatic rings. The normalized spacial score (nSPS) is 11.7. The number of amides is 2. The maximum Gasteiger partial charge on any atom is 0.252 e. The number of halogens is 1. The van der Waals surface area contributed by atoms with Crippen molar-refractivity contribution in [2.75, 3.05) is 26.2 Å². The number of hydrogen-bond acceptors (Lipinski definition) is 3. The molecule has 4 N–H and O–H groups in total. The van der Waals surface area contributed by atoms with Crippen LogP contribution in [0.2, 0.25) is 5.02 Å². The van der Waals surface area contributed by atoms with E-state index >= 15 is 0 Å². The zero-order chi connectivity index (χ0) is 19.6. The van der Waals surface area contributed by atoms with E-state index < -0.39 is 0 Å². The summed E-state index contributed by atoms with van der Waals surface area (Å²) in [6.45, 7) is 9.23. The van der Waals surface area contributed by atoms with Crippen molar-refractivity contribution in [1.82, 2.24) is 21.3 Å². The van der Waals surface area contributed by atoms with Gasteiger partial charge in [0.2, 0.25) is 5.91 Å². The molecular formula is C18H28ClN5O2. The van der Waals surface area contributed by atoms with E-state index in [-0.39, 0.29) is 23.9 Å². The number of carbonyl (C=O) groups is 2. The van der Waals surface area contributed by atoms with Crippen molar-refractivity contribution in [3.8, 4) is 0 Å². The smallest absolute Gasteiger partial charge is 0.252 e. The summed E-state index contributed by atoms with van der Waals surface area (Å²) in [7, 11) is 0. The zero-order valence-electron chi connectivity index (χ0n) is 15.8. The number of nitrogens with one attached hydrogen (secondary N) is 4. The number of rotatable bonds is 7. The second-order valence-corrected chi connectivity index (χ2v) is 7.06. The molecule has 0 unspecified atom stereocenters. The monoisotopic (exact) mass is 381 g/mol. The van der Waals surface area contributed by atoms with E-state index in [0.717, 1.165) is 0 Å². The van der Waals surface area contributed by atoms with Gasteiger partial charge in [0.25, 0.3) is 5.91 Å². The van der Waals surface area contributed by atoms with Crippen LogP contribution in [0, 0.1) is 0 Å². The molecule has 0 saturated heterocycles. The van der Waals surface area contributed by atoms with Crippen molar-refractivity contribution in [2.24, 2.45) is 4.99 Å². The highest BCUT2D eigenvalue weighted by Gasteiger charge is 2.13. The molecule has 0 fully saturated rings. The number of carbonyl (C=O) groups excluding carboxylic acids is 2. The summed E-state index contributed by atoms with van der Waals surface area (Å²) in [6, 6.07) is 6.88. The molecule has 1 aromatic carbocycles. The lowest BCUT2D eigenvalue weighted by Crippen LogP contribution is -2.44. The van der Waals surface area contributed by atoms with Gasteiger partial charge >= 0.3 is 0 Å². The highest BCUT2D eigenvalue weighted by molar-refractivity contribution is 6.33. The number of aliphatic imine (C=N–C) groups is 1. The van der Waals surface area contributed by atoms with E-state index in [1.165, 1.54) is 0 Å². The van der Waals surface area contributed by atoms with Crippen LogP contribution in [0.25, 0.3) is 0 Å². The summed E-state index contributed by atoms with van der Waals surface area (Å²) < 4.78 is 0. The Labute approximate surface area is 160 Å². The molecule has 1 rings (SSSR count). The first kappa shape index (κ1) is 21.8. The molecule has 8 heteroatoms. The molecule has 2 amide bonds. The minimum Gasteiger partial charge on any atom is -0.357 e. The van der Waals surface area contributed by atoms with E-state index in [4.69, 9.17) is 11.6 Å². The second-order valence-electron chi connectivity index (χ2n) is 6.66. The van der Waals surface area contributed by atoms with Crippen LogP contribution in [0.3, 0.4) is 0 Å². The molecule has 0 spiro atoms. The number of hydrogen-bond donors (Lipinski definition) is 4. The Kier molecular flexibility index (Phi) is 8.92. The van der Waals surface area contributed by atoms with Gasteiger partial charge in [0.05, 0.1) is 10.6 Å². The van der Waals surface area contributed by atoms with Crippen molar-refractivity contribution in [2.45, 2.75) is 33.2 Å². The first-order chi connectivity index (χ1) is 12.2. The van der Waals surface area contributed by atoms with E-state index in [2.05, 4.69) is 26.3 Å². The Morgan fingerprint density at radius 1 is 1.08 bits per heavy atom. The van der Waals surface area contributed by atoms with Crippen LogP contribution in [0.4, 0.5) is 0 Å². The molecule has 0 atom stereocenters. The van der Waals surface area contributed by atoms with Crippen LogP contribution in [-0.4, -0.2) is 49.5 Å². The first-order valence-electron chi connectivity index (χ1n) is 8.59. The summed E-state index contributed by atoms with van der Waals surface area (Å²) in [4.78, 5) is 28.1. The van der Waals surface area contributed by atoms with Gasteiger partial charge in [-0.3, -0.25) is 9.59 Å². The van der Waals surface area contributed by atoms with Crippen LogP contribution < -0.4 is 21.3 Å². The molecule has 0 saturated carbocycles. The molecule has 7 nitrogen and oxygen atoms in total. The predicted molar refractivity (Wildman–Crippen MR) is 106 cm³/mol. The Morgan fingerprint density at radius 2 is 1.73 bits per heavy atom. The molecule has 0 bridgehead atoms. The van der Waals surface area contributed by atoms with E-state index in [1.54, 1.807) is 24.3 Å². The fourth-order valence-corrected chi connectivity index (χ4v) is 2.27. The van der Waals surface area contributed by atoms with Gasteiger partial charge in [0, 0.05) is 25.2 Å². The summed E-state index contributed by atoms with van der Waals surface area (Å²) in [5.41, 5.74) is 0.148. The fraction of sp³-hybridized carbons (Fsp3) is 0.500. The fourth-order valence-electron chi connectivity index (χ4n) is 2.05. The average Bonchev–Trinajstić information content (AvgIpc) is 2.55. The van der Waals surface area contributed by atoms with Gasteiger partial charge in [0.15, 0.2) is 5.96 Å². The highest BCUT2D eigenvalue weighted by Crippen LogP contribution is 2.14. The Morgan fingerprint density at radius 3 is 2.35 bits per heavy atom. The maximum atomic E-state index is 12.1. The largest absolute Gasteiger partial charge is 0.357 e. The molecule has 0 radical (unpaired) electrons. The van der Waals surface area contributed by atoms with Crippen molar-refractivity contribution >= 4 is 29.4 Å². The minimum absolute atomic E-state index is 0.0264. The molecule has 0 aromatic heterocycles. The summed E-state index contributed by atoms with van der Waals surface area (Å²) in [5.74, 6) is 0.133. The van der Waals surface area contributed by atoms with E-state index in [1.807, 2.05) is 27.7 Å². The average molecular weight is 382 g/mol. The van der Waals surface area contributed by atoms with Crippen molar-refractivity contribution in [1.29, 1.82) is 0 Å². The Hall–Kier alpha value is -2.28. The van der Waals surface area contributed by atoms with Gasteiger partial charge in [0.1, 0.15) is 6.54 Å². The quantitative estimate of drug-likeness (QED) is 0.327. The van der Waals surface area contributed by atoms with Crippen LogP contribution in [0.1, 0.15) is 38.1 Å². The minimum atomic E-state index is -0.290. The predicted octanol–water partition coefficient (Wildman–Crippen LogP) is 1.54. The van der Waals surface area contributed by atoms with Crippen molar-refractivity contribution in [3.63, 3.8) is 0 Å². The van der Waals surface area contributed by atoms with Crippen LogP contribution >= 0.6 is 11.6 Å². The molecule has 1 aromatic rings. The summed E-state index contributed by atoms with van der Waals surface area (Å²) in [5, 5.41) is 12.2. The third-order valence-electron chi connectivity index (χ3n) is 3.06. The second kappa shape index (κ2) is 10.7. The van der Waals surface area contributed by atoms with Crippen molar-refractivity contribution < 1.29 is 9.59 Å². The van der Waals surface area contributed by atoms with E-state index in [9.17, 15) is 9.59 Å². The van der Waals surface area contributed by atoms with Crippen molar-refractivity contribution in [3.05, 3.63) is 34.9 Å². The molecule has 0 aliphatic heterocycles. The number of nitrogens with zero attached hydrogens (tertiary/aromatic N) is 1. The van der Waals surface area contributed by atoms with Gasteiger partial charge in [-0.15, -0.1) is 0 Å². The third-order valence-corrected chi connectivity index (χ3v) is 3.39.